The first-order valence-corrected chi connectivity index (χ1v) is 10.3. The van der Waals surface area contributed by atoms with Crippen LogP contribution in [-0.4, -0.2) is 70.6 Å². The monoisotopic (exact) mass is 376 g/mol. The summed E-state index contributed by atoms with van der Waals surface area (Å²) in [6.45, 7) is 8.60. The Kier molecular flexibility index (Phi) is 6.88. The molecule has 0 radical (unpaired) electrons. The summed E-state index contributed by atoms with van der Waals surface area (Å²) in [5.74, 6) is 1.96. The lowest BCUT2D eigenvalue weighted by Crippen LogP contribution is -2.47. The van der Waals surface area contributed by atoms with Gasteiger partial charge >= 0.3 is 0 Å². The highest BCUT2D eigenvalue weighted by Crippen LogP contribution is 2.29. The highest BCUT2D eigenvalue weighted by Gasteiger charge is 2.33. The van der Waals surface area contributed by atoms with Crippen LogP contribution in [0.2, 0.25) is 0 Å². The maximum absolute atomic E-state index is 12.9. The summed E-state index contributed by atoms with van der Waals surface area (Å²) >= 11 is 0. The molecule has 0 bridgehead atoms. The van der Waals surface area contributed by atoms with Crippen LogP contribution in [0.15, 0.2) is 12.4 Å². The van der Waals surface area contributed by atoms with E-state index in [2.05, 4.69) is 16.5 Å². The van der Waals surface area contributed by atoms with E-state index in [9.17, 15) is 9.59 Å². The van der Waals surface area contributed by atoms with Gasteiger partial charge in [0.05, 0.1) is 0 Å². The Morgan fingerprint density at radius 2 is 1.74 bits per heavy atom. The number of imidazole rings is 1. The van der Waals surface area contributed by atoms with Crippen molar-refractivity contribution in [3.05, 3.63) is 18.2 Å². The van der Waals surface area contributed by atoms with Crippen molar-refractivity contribution < 1.29 is 14.3 Å². The third-order valence-electron chi connectivity index (χ3n) is 5.89. The van der Waals surface area contributed by atoms with Gasteiger partial charge in [0.15, 0.2) is 0 Å². The number of piperidine rings is 2. The average Bonchev–Trinajstić information content (AvgIpc) is 3.20. The van der Waals surface area contributed by atoms with E-state index in [1.54, 1.807) is 0 Å². The molecule has 7 nitrogen and oxygen atoms in total. The number of likely N-dealkylation sites (tertiary alicyclic amines) is 2. The van der Waals surface area contributed by atoms with Gasteiger partial charge < -0.3 is 19.1 Å². The zero-order valence-electron chi connectivity index (χ0n) is 16.6. The number of amides is 2. The predicted octanol–water partition coefficient (Wildman–Crippen LogP) is 1.88. The van der Waals surface area contributed by atoms with Crippen molar-refractivity contribution in [1.29, 1.82) is 0 Å². The number of carbonyl (C=O) groups is 2. The summed E-state index contributed by atoms with van der Waals surface area (Å²) in [5.41, 5.74) is 0. The van der Waals surface area contributed by atoms with Crippen molar-refractivity contribution in [2.24, 2.45) is 5.92 Å². The number of ether oxygens (including phenoxy) is 1. The standard InChI is InChI=1S/C20H32N4O3/c1-3-22-14-9-21-19(22)16-5-12-24(13-6-16)20(26)17-7-10-23(11-8-17)18(25)15-27-4-2/h9,14,16-17H,3-8,10-13,15H2,1-2H3. The smallest absolute Gasteiger partial charge is 0.248 e. The summed E-state index contributed by atoms with van der Waals surface area (Å²) in [5, 5.41) is 0. The zero-order chi connectivity index (χ0) is 19.2. The molecule has 3 heterocycles. The molecule has 1 aromatic rings. The molecule has 7 heteroatoms. The Bertz CT molecular complexity index is 629. The van der Waals surface area contributed by atoms with E-state index in [0.717, 1.165) is 51.1 Å². The number of aryl methyl sites for hydroxylation is 1. The topological polar surface area (TPSA) is 67.7 Å². The second kappa shape index (κ2) is 9.35. The summed E-state index contributed by atoms with van der Waals surface area (Å²) < 4.78 is 7.41. The number of hydrogen-bond donors (Lipinski definition) is 0. The van der Waals surface area contributed by atoms with Gasteiger partial charge in [-0.3, -0.25) is 9.59 Å². The number of rotatable bonds is 6. The predicted molar refractivity (Wildman–Crippen MR) is 102 cm³/mol. The first-order chi connectivity index (χ1) is 13.1. The molecule has 2 amide bonds. The summed E-state index contributed by atoms with van der Waals surface area (Å²) in [4.78, 5) is 33.3. The maximum Gasteiger partial charge on any atom is 0.248 e. The van der Waals surface area contributed by atoms with Gasteiger partial charge in [0.2, 0.25) is 11.8 Å². The third kappa shape index (κ3) is 4.69. The third-order valence-corrected chi connectivity index (χ3v) is 5.89. The van der Waals surface area contributed by atoms with Gasteiger partial charge in [-0.1, -0.05) is 0 Å². The molecule has 3 rings (SSSR count). The van der Waals surface area contributed by atoms with E-state index in [4.69, 9.17) is 4.74 Å². The van der Waals surface area contributed by atoms with Crippen LogP contribution in [0.25, 0.3) is 0 Å². The molecule has 0 aromatic carbocycles. The highest BCUT2D eigenvalue weighted by molar-refractivity contribution is 5.80. The Balaban J connectivity index is 1.45. The molecule has 0 spiro atoms. The molecule has 2 fully saturated rings. The molecule has 0 atom stereocenters. The van der Waals surface area contributed by atoms with Gasteiger partial charge in [0.25, 0.3) is 0 Å². The minimum Gasteiger partial charge on any atom is -0.372 e. The normalized spacial score (nSPS) is 19.5. The molecule has 2 aliphatic heterocycles. The highest BCUT2D eigenvalue weighted by atomic mass is 16.5. The number of hydrogen-bond acceptors (Lipinski definition) is 4. The average molecular weight is 377 g/mol. The van der Waals surface area contributed by atoms with Crippen LogP contribution in [0.4, 0.5) is 0 Å². The Labute approximate surface area is 161 Å². The van der Waals surface area contributed by atoms with Gasteiger partial charge in [-0.05, 0) is 39.5 Å². The largest absolute Gasteiger partial charge is 0.372 e. The van der Waals surface area contributed by atoms with Crippen molar-refractivity contribution in [2.45, 2.75) is 52.0 Å². The fourth-order valence-electron chi connectivity index (χ4n) is 4.22. The van der Waals surface area contributed by atoms with E-state index in [1.165, 1.54) is 0 Å². The lowest BCUT2D eigenvalue weighted by Gasteiger charge is -2.37. The Morgan fingerprint density at radius 1 is 1.07 bits per heavy atom. The number of carbonyl (C=O) groups excluding carboxylic acids is 2. The summed E-state index contributed by atoms with van der Waals surface area (Å²) in [6, 6.07) is 0. The molecule has 2 saturated heterocycles. The number of nitrogens with zero attached hydrogens (tertiary/aromatic N) is 4. The van der Waals surface area contributed by atoms with E-state index < -0.39 is 0 Å². The molecule has 2 aliphatic rings. The molecule has 27 heavy (non-hydrogen) atoms. The summed E-state index contributed by atoms with van der Waals surface area (Å²) in [6.07, 6.45) is 7.39. The van der Waals surface area contributed by atoms with E-state index in [1.807, 2.05) is 29.1 Å². The van der Waals surface area contributed by atoms with Crippen LogP contribution >= 0.6 is 0 Å². The van der Waals surface area contributed by atoms with Crippen LogP contribution in [-0.2, 0) is 20.9 Å². The second-order valence-electron chi connectivity index (χ2n) is 7.46. The van der Waals surface area contributed by atoms with Gasteiger partial charge in [0, 0.05) is 63.6 Å². The SMILES string of the molecule is CCOCC(=O)N1CCC(C(=O)N2CCC(c3nccn3CC)CC2)CC1. The first kappa shape index (κ1) is 19.9. The molecule has 1 aromatic heterocycles. The minimum absolute atomic E-state index is 0.0370. The van der Waals surface area contributed by atoms with Crippen molar-refractivity contribution >= 4 is 11.8 Å². The van der Waals surface area contributed by atoms with Gasteiger partial charge in [-0.15, -0.1) is 0 Å². The van der Waals surface area contributed by atoms with Gasteiger partial charge in [0.1, 0.15) is 12.4 Å². The summed E-state index contributed by atoms with van der Waals surface area (Å²) in [7, 11) is 0. The van der Waals surface area contributed by atoms with Crippen LogP contribution in [0.3, 0.4) is 0 Å². The first-order valence-electron chi connectivity index (χ1n) is 10.3. The van der Waals surface area contributed by atoms with E-state index in [0.29, 0.717) is 25.6 Å². The fourth-order valence-corrected chi connectivity index (χ4v) is 4.22. The van der Waals surface area contributed by atoms with Crippen LogP contribution < -0.4 is 0 Å². The van der Waals surface area contributed by atoms with Crippen molar-refractivity contribution in [3.8, 4) is 0 Å². The lowest BCUT2D eigenvalue weighted by molar-refractivity contribution is -0.143. The van der Waals surface area contributed by atoms with E-state index >= 15 is 0 Å². The van der Waals surface area contributed by atoms with Crippen LogP contribution in [0, 0.1) is 5.92 Å². The van der Waals surface area contributed by atoms with E-state index in [-0.39, 0.29) is 24.3 Å². The minimum atomic E-state index is 0.0370. The van der Waals surface area contributed by atoms with Crippen molar-refractivity contribution in [1.82, 2.24) is 19.4 Å². The van der Waals surface area contributed by atoms with Crippen LogP contribution in [0.1, 0.15) is 51.3 Å². The lowest BCUT2D eigenvalue weighted by atomic mass is 9.91. The quantitative estimate of drug-likeness (QED) is 0.760. The maximum atomic E-state index is 12.9. The molecular formula is C20H32N4O3. The van der Waals surface area contributed by atoms with Crippen molar-refractivity contribution in [3.63, 3.8) is 0 Å². The molecule has 0 unspecified atom stereocenters. The van der Waals surface area contributed by atoms with Gasteiger partial charge in [-0.2, -0.15) is 0 Å². The number of aromatic nitrogens is 2. The molecule has 0 saturated carbocycles. The Morgan fingerprint density at radius 3 is 2.37 bits per heavy atom. The molecule has 0 N–H and O–H groups in total. The van der Waals surface area contributed by atoms with Gasteiger partial charge in [-0.25, -0.2) is 4.98 Å². The zero-order valence-corrected chi connectivity index (χ0v) is 16.6. The molecular weight excluding hydrogens is 344 g/mol. The fraction of sp³-hybridized carbons (Fsp3) is 0.750. The van der Waals surface area contributed by atoms with Crippen molar-refractivity contribution in [2.75, 3.05) is 39.4 Å². The van der Waals surface area contributed by atoms with Crippen LogP contribution in [0.5, 0.6) is 0 Å². The second-order valence-corrected chi connectivity index (χ2v) is 7.46. The Hall–Kier alpha value is -1.89. The molecule has 150 valence electrons. The molecule has 0 aliphatic carbocycles.